The maximum Gasteiger partial charge on any atom is 0.265 e. The fraction of sp³-hybridized carbons (Fsp3) is 0.370. The molecule has 0 unspecified atom stereocenters. The summed E-state index contributed by atoms with van der Waals surface area (Å²) >= 11 is 1.46. The van der Waals surface area contributed by atoms with Crippen LogP contribution < -0.4 is 10.1 Å². The van der Waals surface area contributed by atoms with Gasteiger partial charge in [-0.1, -0.05) is 24.6 Å². The molecule has 2 aliphatic rings. The number of nitrogens with zero attached hydrogens (tertiary/aromatic N) is 1. The van der Waals surface area contributed by atoms with Crippen molar-refractivity contribution in [2.45, 2.75) is 51.7 Å². The fourth-order valence-electron chi connectivity index (χ4n) is 4.64. The van der Waals surface area contributed by atoms with Gasteiger partial charge in [0.15, 0.2) is 0 Å². The molecule has 166 valence electrons. The Bertz CT molecular complexity index is 1070. The minimum Gasteiger partial charge on any atom is -0.489 e. The lowest BCUT2D eigenvalue weighted by Crippen LogP contribution is -2.29. The first-order chi connectivity index (χ1) is 15.7. The molecule has 1 aliphatic heterocycles. The standard InChI is InChI=1S/C27H30N2O2S/c30-27(28-24-10-7-20(8-11-24)17-29-13-2-1-3-14-29)26-15-21(19-32-26)18-31-25-12-9-22-5-4-6-23(22)16-25/h7-12,15-16,19H,1-6,13-14,17-18H2,(H,28,30). The monoisotopic (exact) mass is 446 g/mol. The number of amides is 1. The molecular weight excluding hydrogens is 416 g/mol. The van der Waals surface area contributed by atoms with Crippen molar-refractivity contribution in [2.75, 3.05) is 18.4 Å². The van der Waals surface area contributed by atoms with E-state index in [0.717, 1.165) is 30.0 Å². The molecule has 1 amide bonds. The second kappa shape index (κ2) is 9.88. The molecule has 2 aromatic carbocycles. The predicted molar refractivity (Wildman–Crippen MR) is 131 cm³/mol. The van der Waals surface area contributed by atoms with Crippen molar-refractivity contribution in [3.63, 3.8) is 0 Å². The van der Waals surface area contributed by atoms with Gasteiger partial charge in [0.2, 0.25) is 0 Å². The average molecular weight is 447 g/mol. The highest BCUT2D eigenvalue weighted by Gasteiger charge is 2.14. The van der Waals surface area contributed by atoms with Crippen LogP contribution in [0.1, 0.15) is 57.6 Å². The zero-order valence-electron chi connectivity index (χ0n) is 18.4. The van der Waals surface area contributed by atoms with E-state index < -0.39 is 0 Å². The smallest absolute Gasteiger partial charge is 0.265 e. The largest absolute Gasteiger partial charge is 0.489 e. The van der Waals surface area contributed by atoms with Crippen LogP contribution in [0.2, 0.25) is 0 Å². The van der Waals surface area contributed by atoms with Crippen molar-refractivity contribution in [1.82, 2.24) is 4.90 Å². The normalized spacial score (nSPS) is 16.0. The number of hydrogen-bond donors (Lipinski definition) is 1. The van der Waals surface area contributed by atoms with Gasteiger partial charge < -0.3 is 10.1 Å². The lowest BCUT2D eigenvalue weighted by atomic mass is 10.1. The van der Waals surface area contributed by atoms with Gasteiger partial charge in [0.05, 0.1) is 4.88 Å². The lowest BCUT2D eigenvalue weighted by molar-refractivity contribution is 0.103. The highest BCUT2D eigenvalue weighted by Crippen LogP contribution is 2.27. The van der Waals surface area contributed by atoms with Crippen LogP contribution in [0.3, 0.4) is 0 Å². The van der Waals surface area contributed by atoms with Gasteiger partial charge >= 0.3 is 0 Å². The number of ether oxygens (including phenoxy) is 1. The van der Waals surface area contributed by atoms with Crippen molar-refractivity contribution in [3.05, 3.63) is 81.0 Å². The van der Waals surface area contributed by atoms with Gasteiger partial charge in [0.1, 0.15) is 12.4 Å². The predicted octanol–water partition coefficient (Wildman–Crippen LogP) is 6.05. The third kappa shape index (κ3) is 5.22. The van der Waals surface area contributed by atoms with E-state index in [1.54, 1.807) is 0 Å². The van der Waals surface area contributed by atoms with Crippen LogP contribution in [0, 0.1) is 0 Å². The Balaban J connectivity index is 1.13. The second-order valence-corrected chi connectivity index (χ2v) is 9.79. The fourth-order valence-corrected chi connectivity index (χ4v) is 5.43. The van der Waals surface area contributed by atoms with Gasteiger partial charge in [-0.2, -0.15) is 0 Å². The Labute approximate surface area is 194 Å². The van der Waals surface area contributed by atoms with E-state index in [9.17, 15) is 4.79 Å². The Morgan fingerprint density at radius 2 is 1.72 bits per heavy atom. The molecule has 0 saturated carbocycles. The average Bonchev–Trinajstić information content (AvgIpc) is 3.49. The van der Waals surface area contributed by atoms with E-state index in [2.05, 4.69) is 40.5 Å². The Kier molecular flexibility index (Phi) is 6.56. The molecule has 1 aromatic heterocycles. The van der Waals surface area contributed by atoms with Crippen LogP contribution in [-0.2, 0) is 26.0 Å². The van der Waals surface area contributed by atoms with E-state index in [1.165, 1.54) is 73.2 Å². The van der Waals surface area contributed by atoms with Crippen LogP contribution >= 0.6 is 11.3 Å². The molecular formula is C27H30N2O2S. The van der Waals surface area contributed by atoms with Crippen LogP contribution in [0.25, 0.3) is 0 Å². The number of carbonyl (C=O) groups is 1. The molecule has 1 N–H and O–H groups in total. The summed E-state index contributed by atoms with van der Waals surface area (Å²) in [5.41, 5.74) is 6.02. The molecule has 4 nitrogen and oxygen atoms in total. The molecule has 0 bridgehead atoms. The van der Waals surface area contributed by atoms with E-state index in [4.69, 9.17) is 4.74 Å². The number of benzene rings is 2. The summed E-state index contributed by atoms with van der Waals surface area (Å²) in [6.45, 7) is 3.85. The summed E-state index contributed by atoms with van der Waals surface area (Å²) in [5, 5.41) is 5.03. The van der Waals surface area contributed by atoms with Gasteiger partial charge in [-0.3, -0.25) is 9.69 Å². The van der Waals surface area contributed by atoms with Crippen LogP contribution in [-0.4, -0.2) is 23.9 Å². The summed E-state index contributed by atoms with van der Waals surface area (Å²) in [6, 6.07) is 16.6. The summed E-state index contributed by atoms with van der Waals surface area (Å²) in [5.74, 6) is 0.843. The van der Waals surface area contributed by atoms with Gasteiger partial charge in [0.25, 0.3) is 5.91 Å². The SMILES string of the molecule is O=C(Nc1ccc(CN2CCCCC2)cc1)c1cc(COc2ccc3c(c2)CCC3)cs1. The molecule has 2 heterocycles. The first-order valence-electron chi connectivity index (χ1n) is 11.7. The third-order valence-corrected chi connectivity index (χ3v) is 7.40. The Morgan fingerprint density at radius 3 is 2.56 bits per heavy atom. The van der Waals surface area contributed by atoms with E-state index >= 15 is 0 Å². The number of piperidine rings is 1. The van der Waals surface area contributed by atoms with E-state index in [-0.39, 0.29) is 5.91 Å². The zero-order valence-corrected chi connectivity index (χ0v) is 19.3. The number of aryl methyl sites for hydroxylation is 2. The molecule has 5 heteroatoms. The molecule has 0 radical (unpaired) electrons. The maximum atomic E-state index is 12.7. The Morgan fingerprint density at radius 1 is 0.906 bits per heavy atom. The highest BCUT2D eigenvalue weighted by molar-refractivity contribution is 7.12. The summed E-state index contributed by atoms with van der Waals surface area (Å²) in [7, 11) is 0. The maximum absolute atomic E-state index is 12.7. The number of thiophene rings is 1. The topological polar surface area (TPSA) is 41.6 Å². The highest BCUT2D eigenvalue weighted by atomic mass is 32.1. The molecule has 0 atom stereocenters. The van der Waals surface area contributed by atoms with Crippen molar-refractivity contribution in [1.29, 1.82) is 0 Å². The number of nitrogens with one attached hydrogen (secondary N) is 1. The van der Waals surface area contributed by atoms with Crippen molar-refractivity contribution in [3.8, 4) is 5.75 Å². The van der Waals surface area contributed by atoms with Gasteiger partial charge in [0, 0.05) is 17.8 Å². The number of likely N-dealkylation sites (tertiary alicyclic amines) is 1. The zero-order chi connectivity index (χ0) is 21.8. The lowest BCUT2D eigenvalue weighted by Gasteiger charge is -2.26. The Hall–Kier alpha value is -2.63. The molecule has 3 aromatic rings. The second-order valence-electron chi connectivity index (χ2n) is 8.88. The number of fused-ring (bicyclic) bond motifs is 1. The third-order valence-electron chi connectivity index (χ3n) is 6.42. The number of rotatable bonds is 7. The summed E-state index contributed by atoms with van der Waals surface area (Å²) in [6.07, 6.45) is 7.52. The molecule has 1 saturated heterocycles. The van der Waals surface area contributed by atoms with Crippen LogP contribution in [0.5, 0.6) is 5.75 Å². The minimum atomic E-state index is -0.0671. The van der Waals surface area contributed by atoms with E-state index in [0.29, 0.717) is 11.5 Å². The van der Waals surface area contributed by atoms with Crippen LogP contribution in [0.15, 0.2) is 53.9 Å². The molecule has 1 fully saturated rings. The van der Waals surface area contributed by atoms with Gasteiger partial charge in [-0.05, 0) is 97.6 Å². The van der Waals surface area contributed by atoms with Crippen LogP contribution in [0.4, 0.5) is 5.69 Å². The molecule has 32 heavy (non-hydrogen) atoms. The molecule has 5 rings (SSSR count). The van der Waals surface area contributed by atoms with Crippen molar-refractivity contribution in [2.24, 2.45) is 0 Å². The number of anilines is 1. The number of hydrogen-bond acceptors (Lipinski definition) is 4. The molecule has 1 aliphatic carbocycles. The molecule has 0 spiro atoms. The van der Waals surface area contributed by atoms with E-state index in [1.807, 2.05) is 23.6 Å². The summed E-state index contributed by atoms with van der Waals surface area (Å²) < 4.78 is 5.98. The first kappa shape index (κ1) is 21.2. The summed E-state index contributed by atoms with van der Waals surface area (Å²) in [4.78, 5) is 15.9. The number of carbonyl (C=O) groups excluding carboxylic acids is 1. The van der Waals surface area contributed by atoms with Gasteiger partial charge in [-0.25, -0.2) is 0 Å². The van der Waals surface area contributed by atoms with Crippen molar-refractivity contribution < 1.29 is 9.53 Å². The van der Waals surface area contributed by atoms with Gasteiger partial charge in [-0.15, -0.1) is 11.3 Å². The first-order valence-corrected chi connectivity index (χ1v) is 12.6. The quantitative estimate of drug-likeness (QED) is 0.480. The minimum absolute atomic E-state index is 0.0671. The van der Waals surface area contributed by atoms with Crippen molar-refractivity contribution >= 4 is 22.9 Å².